The molecule has 3 aromatic rings. The fraction of sp³-hybridized carbons (Fsp3) is 0.130. The molecule has 4 rings (SSSR count). The SMILES string of the molecule is O=C1C(CCS(=O)c2ccccc2)C(=O)N(c2ccc(O)cc2)N1c1ccccc1. The summed E-state index contributed by atoms with van der Waals surface area (Å²) in [6, 6.07) is 24.0. The Balaban J connectivity index is 1.62. The predicted molar refractivity (Wildman–Crippen MR) is 115 cm³/mol. The second-order valence-corrected chi connectivity index (χ2v) is 8.43. The maximum atomic E-state index is 13.2. The molecule has 0 bridgehead atoms. The van der Waals surface area contributed by atoms with E-state index in [-0.39, 0.29) is 29.7 Å². The van der Waals surface area contributed by atoms with E-state index in [1.165, 1.54) is 22.2 Å². The number of anilines is 2. The van der Waals surface area contributed by atoms with Crippen LogP contribution in [0, 0.1) is 5.92 Å². The van der Waals surface area contributed by atoms with E-state index in [0.717, 1.165) is 0 Å². The van der Waals surface area contributed by atoms with Crippen LogP contribution in [-0.4, -0.2) is 26.9 Å². The Bertz CT molecular complexity index is 1070. The van der Waals surface area contributed by atoms with Gasteiger partial charge in [0.15, 0.2) is 0 Å². The van der Waals surface area contributed by atoms with Gasteiger partial charge in [-0.15, -0.1) is 0 Å². The van der Waals surface area contributed by atoms with Gasteiger partial charge in [0, 0.05) is 10.6 Å². The Morgan fingerprint density at radius 2 is 1.23 bits per heavy atom. The van der Waals surface area contributed by atoms with Gasteiger partial charge in [-0.25, -0.2) is 10.0 Å². The number of carbonyl (C=O) groups excluding carboxylic acids is 2. The van der Waals surface area contributed by atoms with E-state index < -0.39 is 16.7 Å². The summed E-state index contributed by atoms with van der Waals surface area (Å²) in [7, 11) is -1.30. The van der Waals surface area contributed by atoms with Gasteiger partial charge in [0.05, 0.1) is 22.2 Å². The van der Waals surface area contributed by atoms with E-state index in [1.54, 1.807) is 48.5 Å². The molecule has 1 saturated heterocycles. The fourth-order valence-corrected chi connectivity index (χ4v) is 4.55. The first-order valence-electron chi connectivity index (χ1n) is 9.51. The van der Waals surface area contributed by atoms with Gasteiger partial charge in [-0.2, -0.15) is 0 Å². The Morgan fingerprint density at radius 3 is 1.80 bits per heavy atom. The van der Waals surface area contributed by atoms with E-state index in [4.69, 9.17) is 0 Å². The van der Waals surface area contributed by atoms with Crippen LogP contribution in [0.15, 0.2) is 89.8 Å². The van der Waals surface area contributed by atoms with Gasteiger partial charge in [-0.05, 0) is 55.0 Å². The maximum Gasteiger partial charge on any atom is 0.258 e. The third-order valence-electron chi connectivity index (χ3n) is 4.91. The molecule has 1 heterocycles. The standard InChI is InChI=1S/C23H20N2O4S/c26-19-13-11-18(12-14-19)25-23(28)21(15-16-30(29)20-9-5-2-6-10-20)22(27)24(25)17-7-3-1-4-8-17/h1-14,21,26H,15-16H2. The molecule has 3 aromatic carbocycles. The smallest absolute Gasteiger partial charge is 0.258 e. The number of para-hydroxylation sites is 1. The van der Waals surface area contributed by atoms with Crippen LogP contribution in [0.1, 0.15) is 6.42 Å². The number of benzene rings is 3. The van der Waals surface area contributed by atoms with Crippen molar-refractivity contribution in [3.63, 3.8) is 0 Å². The van der Waals surface area contributed by atoms with Gasteiger partial charge in [0.1, 0.15) is 11.7 Å². The van der Waals surface area contributed by atoms with Crippen molar-refractivity contribution < 1.29 is 18.9 Å². The first-order chi connectivity index (χ1) is 14.6. The predicted octanol–water partition coefficient (Wildman–Crippen LogP) is 3.50. The van der Waals surface area contributed by atoms with Crippen molar-refractivity contribution in [3.8, 4) is 5.75 Å². The molecule has 0 aliphatic carbocycles. The number of phenols is 1. The summed E-state index contributed by atoms with van der Waals surface area (Å²) in [5.41, 5.74) is 1.04. The number of phenolic OH excluding ortho intramolecular Hbond substituents is 1. The summed E-state index contributed by atoms with van der Waals surface area (Å²) >= 11 is 0. The van der Waals surface area contributed by atoms with Crippen LogP contribution in [0.25, 0.3) is 0 Å². The highest BCUT2D eigenvalue weighted by molar-refractivity contribution is 7.85. The van der Waals surface area contributed by atoms with Crippen LogP contribution in [-0.2, 0) is 20.4 Å². The first-order valence-corrected chi connectivity index (χ1v) is 10.8. The second kappa shape index (κ2) is 8.51. The average Bonchev–Trinajstić information content (AvgIpc) is 3.03. The number of hydrogen-bond acceptors (Lipinski definition) is 4. The summed E-state index contributed by atoms with van der Waals surface area (Å²) < 4.78 is 12.6. The van der Waals surface area contributed by atoms with E-state index in [2.05, 4.69) is 0 Å². The lowest BCUT2D eigenvalue weighted by Crippen LogP contribution is -2.41. The molecule has 2 atom stereocenters. The van der Waals surface area contributed by atoms with E-state index in [0.29, 0.717) is 16.3 Å². The molecule has 0 radical (unpaired) electrons. The summed E-state index contributed by atoms with van der Waals surface area (Å²) in [6.45, 7) is 0. The van der Waals surface area contributed by atoms with Crippen molar-refractivity contribution in [2.24, 2.45) is 5.92 Å². The zero-order valence-corrected chi connectivity index (χ0v) is 16.9. The Labute approximate surface area is 176 Å². The summed E-state index contributed by atoms with van der Waals surface area (Å²) in [6.07, 6.45) is 0.178. The topological polar surface area (TPSA) is 77.9 Å². The van der Waals surface area contributed by atoms with Crippen LogP contribution >= 0.6 is 0 Å². The summed E-state index contributed by atoms with van der Waals surface area (Å²) in [5.74, 6) is -1.38. The van der Waals surface area contributed by atoms with Crippen LogP contribution in [0.5, 0.6) is 5.75 Å². The monoisotopic (exact) mass is 420 g/mol. The average molecular weight is 420 g/mol. The van der Waals surface area contributed by atoms with Crippen molar-refractivity contribution in [1.29, 1.82) is 0 Å². The number of hydrazine groups is 1. The van der Waals surface area contributed by atoms with Crippen LogP contribution in [0.2, 0.25) is 0 Å². The Kier molecular flexibility index (Phi) is 5.63. The molecular formula is C23H20N2O4S. The highest BCUT2D eigenvalue weighted by Crippen LogP contribution is 2.34. The normalized spacial score (nSPS) is 17.4. The molecule has 7 heteroatoms. The molecule has 30 heavy (non-hydrogen) atoms. The van der Waals surface area contributed by atoms with E-state index >= 15 is 0 Å². The lowest BCUT2D eigenvalue weighted by Gasteiger charge is -2.27. The van der Waals surface area contributed by atoms with Gasteiger partial charge in [0.2, 0.25) is 0 Å². The van der Waals surface area contributed by atoms with Gasteiger partial charge in [-0.1, -0.05) is 36.4 Å². The third kappa shape index (κ3) is 3.84. The van der Waals surface area contributed by atoms with Crippen molar-refractivity contribution in [2.45, 2.75) is 11.3 Å². The number of aromatic hydroxyl groups is 1. The highest BCUT2D eigenvalue weighted by atomic mass is 32.2. The lowest BCUT2D eigenvalue weighted by molar-refractivity contribution is -0.127. The van der Waals surface area contributed by atoms with Gasteiger partial charge < -0.3 is 5.11 Å². The van der Waals surface area contributed by atoms with Gasteiger partial charge in [0.25, 0.3) is 11.8 Å². The summed E-state index contributed by atoms with van der Waals surface area (Å²) in [4.78, 5) is 27.1. The molecule has 1 fully saturated rings. The van der Waals surface area contributed by atoms with Crippen molar-refractivity contribution in [3.05, 3.63) is 84.9 Å². The van der Waals surface area contributed by atoms with Gasteiger partial charge >= 0.3 is 0 Å². The lowest BCUT2D eigenvalue weighted by atomic mass is 10.1. The maximum absolute atomic E-state index is 13.2. The first kappa shape index (κ1) is 19.8. The van der Waals surface area contributed by atoms with E-state index in [9.17, 15) is 18.9 Å². The van der Waals surface area contributed by atoms with Crippen LogP contribution in [0.4, 0.5) is 11.4 Å². The minimum atomic E-state index is -1.30. The molecule has 0 aromatic heterocycles. The molecular weight excluding hydrogens is 400 g/mol. The number of rotatable bonds is 6. The molecule has 6 nitrogen and oxygen atoms in total. The van der Waals surface area contributed by atoms with Crippen LogP contribution in [0.3, 0.4) is 0 Å². The third-order valence-corrected chi connectivity index (χ3v) is 6.31. The number of nitrogens with zero attached hydrogens (tertiary/aromatic N) is 2. The Morgan fingerprint density at radius 1 is 0.733 bits per heavy atom. The zero-order valence-electron chi connectivity index (χ0n) is 16.0. The zero-order chi connectivity index (χ0) is 21.1. The van der Waals surface area contributed by atoms with E-state index in [1.807, 2.05) is 24.3 Å². The number of amides is 2. The molecule has 0 spiro atoms. The number of carbonyl (C=O) groups is 2. The minimum Gasteiger partial charge on any atom is -0.508 e. The minimum absolute atomic E-state index is 0.0674. The fourth-order valence-electron chi connectivity index (χ4n) is 3.41. The molecule has 1 N–H and O–H groups in total. The van der Waals surface area contributed by atoms with Crippen molar-refractivity contribution in [2.75, 3.05) is 15.8 Å². The molecule has 152 valence electrons. The molecule has 1 aliphatic rings. The quantitative estimate of drug-likeness (QED) is 0.619. The molecule has 2 amide bonds. The molecule has 1 aliphatic heterocycles. The molecule has 2 unspecified atom stereocenters. The number of hydrogen-bond donors (Lipinski definition) is 1. The van der Waals surface area contributed by atoms with Crippen LogP contribution < -0.4 is 10.0 Å². The Hall–Kier alpha value is -3.45. The second-order valence-electron chi connectivity index (χ2n) is 6.86. The molecule has 0 saturated carbocycles. The summed E-state index contributed by atoms with van der Waals surface area (Å²) in [5, 5.41) is 12.3. The highest BCUT2D eigenvalue weighted by Gasteiger charge is 2.46. The van der Waals surface area contributed by atoms with Crippen molar-refractivity contribution >= 4 is 34.0 Å². The largest absolute Gasteiger partial charge is 0.508 e. The van der Waals surface area contributed by atoms with Crippen molar-refractivity contribution in [1.82, 2.24) is 0 Å². The van der Waals surface area contributed by atoms with Gasteiger partial charge in [-0.3, -0.25) is 13.8 Å².